The van der Waals surface area contributed by atoms with E-state index in [9.17, 15) is 14.4 Å². The molecule has 0 spiro atoms. The first kappa shape index (κ1) is 23.9. The summed E-state index contributed by atoms with van der Waals surface area (Å²) in [7, 11) is 0. The molecule has 1 aromatic heterocycles. The van der Waals surface area contributed by atoms with Crippen LogP contribution in [-0.4, -0.2) is 43.1 Å². The standard InChI is InChI=1S/C20H33N3O4S/c1-12(2)11-27-20(26)23-17(14(5)6)19(25)22-15(13(3)4)10-21-18(24)16-8-7-9-28-16/h7-9,12-15,17H,10-11H2,1-6H3,(H,21,24)(H,22,25)(H,23,26)/t15-,17?/m1/s1. The number of ether oxygens (including phenoxy) is 1. The van der Waals surface area contributed by atoms with Gasteiger partial charge in [-0.1, -0.05) is 47.6 Å². The lowest BCUT2D eigenvalue weighted by atomic mass is 10.0. The molecule has 28 heavy (non-hydrogen) atoms. The summed E-state index contributed by atoms with van der Waals surface area (Å²) < 4.78 is 5.12. The number of amides is 3. The number of rotatable bonds is 10. The fourth-order valence-corrected chi connectivity index (χ4v) is 3.01. The van der Waals surface area contributed by atoms with Crippen molar-refractivity contribution >= 4 is 29.2 Å². The second kappa shape index (κ2) is 11.7. The summed E-state index contributed by atoms with van der Waals surface area (Å²) in [5.41, 5.74) is 0. The van der Waals surface area contributed by atoms with Gasteiger partial charge >= 0.3 is 6.09 Å². The van der Waals surface area contributed by atoms with E-state index in [1.165, 1.54) is 11.3 Å². The number of carbonyl (C=O) groups excluding carboxylic acids is 3. The summed E-state index contributed by atoms with van der Waals surface area (Å²) in [5, 5.41) is 10.3. The summed E-state index contributed by atoms with van der Waals surface area (Å²) in [6.45, 7) is 12.1. The fourth-order valence-electron chi connectivity index (χ4n) is 2.37. The molecule has 0 fully saturated rings. The van der Waals surface area contributed by atoms with Crippen molar-refractivity contribution in [3.05, 3.63) is 22.4 Å². The molecule has 1 unspecified atom stereocenters. The minimum Gasteiger partial charge on any atom is -0.449 e. The van der Waals surface area contributed by atoms with Crippen LogP contribution in [0.2, 0.25) is 0 Å². The molecule has 0 radical (unpaired) electrons. The van der Waals surface area contributed by atoms with Crippen molar-refractivity contribution in [3.63, 3.8) is 0 Å². The summed E-state index contributed by atoms with van der Waals surface area (Å²) in [4.78, 5) is 37.5. The maximum Gasteiger partial charge on any atom is 0.407 e. The Bertz CT molecular complexity index is 629. The Hall–Kier alpha value is -2.09. The zero-order valence-electron chi connectivity index (χ0n) is 17.6. The molecule has 0 bridgehead atoms. The number of alkyl carbamates (subject to hydrolysis) is 1. The summed E-state index contributed by atoms with van der Waals surface area (Å²) >= 11 is 1.37. The summed E-state index contributed by atoms with van der Waals surface area (Å²) in [6, 6.07) is 2.60. The van der Waals surface area contributed by atoms with E-state index in [4.69, 9.17) is 4.74 Å². The Morgan fingerprint density at radius 3 is 2.21 bits per heavy atom. The molecule has 0 saturated carbocycles. The van der Waals surface area contributed by atoms with Crippen LogP contribution >= 0.6 is 11.3 Å². The minimum atomic E-state index is -0.714. The van der Waals surface area contributed by atoms with E-state index < -0.39 is 12.1 Å². The van der Waals surface area contributed by atoms with E-state index >= 15 is 0 Å². The van der Waals surface area contributed by atoms with Gasteiger partial charge < -0.3 is 20.7 Å². The molecule has 0 aromatic carbocycles. The van der Waals surface area contributed by atoms with Crippen LogP contribution in [0.5, 0.6) is 0 Å². The molecule has 0 aliphatic heterocycles. The van der Waals surface area contributed by atoms with Crippen molar-refractivity contribution in [1.29, 1.82) is 0 Å². The Morgan fingerprint density at radius 2 is 1.71 bits per heavy atom. The molecule has 158 valence electrons. The molecule has 1 heterocycles. The second-order valence-corrected chi connectivity index (χ2v) is 8.85. The molecular formula is C20H33N3O4S. The Balaban J connectivity index is 2.65. The highest BCUT2D eigenvalue weighted by Gasteiger charge is 2.28. The maximum absolute atomic E-state index is 12.8. The molecule has 0 aliphatic rings. The van der Waals surface area contributed by atoms with Crippen LogP contribution in [0.15, 0.2) is 17.5 Å². The predicted molar refractivity (Wildman–Crippen MR) is 111 cm³/mol. The molecule has 0 saturated heterocycles. The number of thiophene rings is 1. The number of hydrogen-bond donors (Lipinski definition) is 3. The highest BCUT2D eigenvalue weighted by molar-refractivity contribution is 7.12. The van der Waals surface area contributed by atoms with Crippen LogP contribution in [0.4, 0.5) is 4.79 Å². The van der Waals surface area contributed by atoms with Gasteiger partial charge in [-0.3, -0.25) is 9.59 Å². The van der Waals surface area contributed by atoms with Gasteiger partial charge in [-0.25, -0.2) is 4.79 Å². The molecule has 2 atom stereocenters. The van der Waals surface area contributed by atoms with E-state index in [0.29, 0.717) is 18.0 Å². The Labute approximate surface area is 171 Å². The molecule has 1 aromatic rings. The molecule has 8 heteroatoms. The third kappa shape index (κ3) is 8.29. The van der Waals surface area contributed by atoms with E-state index in [-0.39, 0.29) is 35.6 Å². The van der Waals surface area contributed by atoms with Gasteiger partial charge in [0, 0.05) is 12.6 Å². The smallest absolute Gasteiger partial charge is 0.407 e. The zero-order valence-corrected chi connectivity index (χ0v) is 18.4. The largest absolute Gasteiger partial charge is 0.449 e. The second-order valence-electron chi connectivity index (χ2n) is 7.90. The minimum absolute atomic E-state index is 0.105. The molecule has 0 aliphatic carbocycles. The monoisotopic (exact) mass is 411 g/mol. The first-order chi connectivity index (χ1) is 13.1. The van der Waals surface area contributed by atoms with Crippen molar-refractivity contribution in [1.82, 2.24) is 16.0 Å². The van der Waals surface area contributed by atoms with Gasteiger partial charge in [0.1, 0.15) is 6.04 Å². The van der Waals surface area contributed by atoms with Crippen LogP contribution in [0.3, 0.4) is 0 Å². The fraction of sp³-hybridized carbons (Fsp3) is 0.650. The topological polar surface area (TPSA) is 96.5 Å². The molecular weight excluding hydrogens is 378 g/mol. The van der Waals surface area contributed by atoms with Gasteiger partial charge in [-0.15, -0.1) is 11.3 Å². The van der Waals surface area contributed by atoms with Crippen LogP contribution in [0.25, 0.3) is 0 Å². The first-order valence-electron chi connectivity index (χ1n) is 9.67. The van der Waals surface area contributed by atoms with E-state index in [1.54, 1.807) is 6.07 Å². The van der Waals surface area contributed by atoms with Gasteiger partial charge in [0.25, 0.3) is 5.91 Å². The van der Waals surface area contributed by atoms with Crippen molar-refractivity contribution in [2.24, 2.45) is 17.8 Å². The average molecular weight is 412 g/mol. The van der Waals surface area contributed by atoms with Crippen LogP contribution in [-0.2, 0) is 9.53 Å². The van der Waals surface area contributed by atoms with Gasteiger partial charge in [0.15, 0.2) is 0 Å². The lowest BCUT2D eigenvalue weighted by Gasteiger charge is -2.27. The SMILES string of the molecule is CC(C)COC(=O)NC(C(=O)N[C@H](CNC(=O)c1cccs1)C(C)C)C(C)C. The zero-order chi connectivity index (χ0) is 21.3. The number of hydrogen-bond acceptors (Lipinski definition) is 5. The molecule has 1 rings (SSSR count). The number of carbonyl (C=O) groups is 3. The number of nitrogens with one attached hydrogen (secondary N) is 3. The highest BCUT2D eigenvalue weighted by atomic mass is 32.1. The summed E-state index contributed by atoms with van der Waals surface area (Å²) in [5.74, 6) is -0.242. The van der Waals surface area contributed by atoms with Crippen molar-refractivity contribution < 1.29 is 19.1 Å². The van der Waals surface area contributed by atoms with E-state index in [2.05, 4.69) is 16.0 Å². The first-order valence-corrected chi connectivity index (χ1v) is 10.5. The van der Waals surface area contributed by atoms with Gasteiger partial charge in [-0.2, -0.15) is 0 Å². The maximum atomic E-state index is 12.8. The van der Waals surface area contributed by atoms with Crippen molar-refractivity contribution in [2.45, 2.75) is 53.6 Å². The van der Waals surface area contributed by atoms with Crippen LogP contribution < -0.4 is 16.0 Å². The van der Waals surface area contributed by atoms with Crippen LogP contribution in [0, 0.1) is 17.8 Å². The molecule has 7 nitrogen and oxygen atoms in total. The Morgan fingerprint density at radius 1 is 1.04 bits per heavy atom. The van der Waals surface area contributed by atoms with Crippen molar-refractivity contribution in [3.8, 4) is 0 Å². The van der Waals surface area contributed by atoms with Crippen LogP contribution in [0.1, 0.15) is 51.2 Å². The quantitative estimate of drug-likeness (QED) is 0.551. The lowest BCUT2D eigenvalue weighted by molar-refractivity contribution is -0.125. The van der Waals surface area contributed by atoms with Gasteiger partial charge in [-0.05, 0) is 29.2 Å². The average Bonchev–Trinajstić information content (AvgIpc) is 3.15. The third-order valence-corrected chi connectivity index (χ3v) is 5.00. The van der Waals surface area contributed by atoms with Gasteiger partial charge in [0.05, 0.1) is 11.5 Å². The lowest BCUT2D eigenvalue weighted by Crippen LogP contribution is -2.55. The molecule has 3 amide bonds. The van der Waals surface area contributed by atoms with E-state index in [1.807, 2.05) is 53.0 Å². The Kier molecular flexibility index (Phi) is 9.99. The van der Waals surface area contributed by atoms with E-state index in [0.717, 1.165) is 0 Å². The normalized spacial score (nSPS) is 13.3. The van der Waals surface area contributed by atoms with Crippen molar-refractivity contribution in [2.75, 3.05) is 13.2 Å². The predicted octanol–water partition coefficient (Wildman–Crippen LogP) is 3.03. The molecule has 3 N–H and O–H groups in total. The summed E-state index contributed by atoms with van der Waals surface area (Å²) in [6.07, 6.45) is -0.602. The third-order valence-electron chi connectivity index (χ3n) is 4.13. The van der Waals surface area contributed by atoms with Gasteiger partial charge in [0.2, 0.25) is 5.91 Å². The highest BCUT2D eigenvalue weighted by Crippen LogP contribution is 2.09.